The molecular formula is C15H31O7P. The van der Waals surface area contributed by atoms with Crippen molar-refractivity contribution < 1.29 is 33.9 Å². The van der Waals surface area contributed by atoms with Gasteiger partial charge in [-0.15, -0.1) is 0 Å². The number of phosphoric ester groups is 1. The van der Waals surface area contributed by atoms with Gasteiger partial charge in [-0.25, -0.2) is 4.57 Å². The number of ketones is 1. The Bertz CT molecular complexity index is 356. The van der Waals surface area contributed by atoms with E-state index in [4.69, 9.17) is 9.79 Å². The van der Waals surface area contributed by atoms with Crippen LogP contribution in [0.15, 0.2) is 0 Å². The quantitative estimate of drug-likeness (QED) is 0.263. The van der Waals surface area contributed by atoms with Crippen molar-refractivity contribution in [2.45, 2.75) is 83.3 Å². The Morgan fingerprint density at radius 3 is 1.91 bits per heavy atom. The Labute approximate surface area is 138 Å². The van der Waals surface area contributed by atoms with E-state index in [1.54, 1.807) is 0 Å². The van der Waals surface area contributed by atoms with Crippen molar-refractivity contribution in [2.75, 3.05) is 6.61 Å². The zero-order valence-corrected chi connectivity index (χ0v) is 14.8. The number of hydrogen-bond donors (Lipinski definition) is 4. The van der Waals surface area contributed by atoms with Crippen molar-refractivity contribution in [3.8, 4) is 0 Å². The van der Waals surface area contributed by atoms with Crippen LogP contribution < -0.4 is 0 Å². The highest BCUT2D eigenvalue weighted by Gasteiger charge is 2.26. The third kappa shape index (κ3) is 13.8. The van der Waals surface area contributed by atoms with E-state index in [0.29, 0.717) is 6.42 Å². The van der Waals surface area contributed by atoms with E-state index in [9.17, 15) is 19.6 Å². The molecule has 0 aliphatic rings. The van der Waals surface area contributed by atoms with Gasteiger partial charge < -0.3 is 20.0 Å². The van der Waals surface area contributed by atoms with Gasteiger partial charge in [-0.2, -0.15) is 0 Å². The first-order chi connectivity index (χ1) is 10.8. The predicted octanol–water partition coefficient (Wildman–Crippen LogP) is 2.31. The number of rotatable bonds is 15. The monoisotopic (exact) mass is 354 g/mol. The maximum absolute atomic E-state index is 11.7. The van der Waals surface area contributed by atoms with Crippen LogP contribution in [0.5, 0.6) is 0 Å². The Balaban J connectivity index is 3.66. The number of hydrogen-bond acceptors (Lipinski definition) is 5. The zero-order valence-electron chi connectivity index (χ0n) is 13.9. The first kappa shape index (κ1) is 22.7. The van der Waals surface area contributed by atoms with Crippen LogP contribution in [-0.4, -0.2) is 44.6 Å². The molecule has 4 N–H and O–H groups in total. The SMILES string of the molecule is CCCCCCCCCCCC(=O)C(O)[C@@H](O)COP(=O)(O)O. The Morgan fingerprint density at radius 1 is 0.957 bits per heavy atom. The van der Waals surface area contributed by atoms with E-state index in [-0.39, 0.29) is 6.42 Å². The molecule has 23 heavy (non-hydrogen) atoms. The molecule has 0 aromatic rings. The molecule has 138 valence electrons. The Morgan fingerprint density at radius 2 is 1.43 bits per heavy atom. The number of aliphatic hydroxyl groups excluding tert-OH is 2. The van der Waals surface area contributed by atoms with Crippen LogP contribution in [-0.2, 0) is 13.9 Å². The average molecular weight is 354 g/mol. The Kier molecular flexibility index (Phi) is 12.9. The molecule has 0 aliphatic heterocycles. The summed E-state index contributed by atoms with van der Waals surface area (Å²) in [5.41, 5.74) is 0. The third-order valence-corrected chi connectivity index (χ3v) is 4.12. The summed E-state index contributed by atoms with van der Waals surface area (Å²) in [5, 5.41) is 19.0. The lowest BCUT2D eigenvalue weighted by molar-refractivity contribution is -0.134. The summed E-state index contributed by atoms with van der Waals surface area (Å²) in [6.07, 6.45) is 6.78. The van der Waals surface area contributed by atoms with Crippen molar-refractivity contribution >= 4 is 13.6 Å². The second-order valence-corrected chi connectivity index (χ2v) is 7.08. The number of aliphatic hydroxyl groups is 2. The summed E-state index contributed by atoms with van der Waals surface area (Å²) in [7, 11) is -4.72. The fraction of sp³-hybridized carbons (Fsp3) is 0.933. The topological polar surface area (TPSA) is 124 Å². The van der Waals surface area contributed by atoms with E-state index in [1.807, 2.05) is 0 Å². The minimum Gasteiger partial charge on any atom is -0.388 e. The summed E-state index contributed by atoms with van der Waals surface area (Å²) >= 11 is 0. The zero-order chi connectivity index (χ0) is 17.7. The van der Waals surface area contributed by atoms with Gasteiger partial charge in [0.1, 0.15) is 12.2 Å². The fourth-order valence-corrected chi connectivity index (χ4v) is 2.58. The molecule has 0 bridgehead atoms. The summed E-state index contributed by atoms with van der Waals surface area (Å²) < 4.78 is 14.5. The van der Waals surface area contributed by atoms with Gasteiger partial charge in [0.05, 0.1) is 6.61 Å². The Hall–Kier alpha value is -0.300. The molecule has 0 fully saturated rings. The molecule has 0 rings (SSSR count). The normalized spacial score (nSPS) is 14.7. The number of unbranched alkanes of at least 4 members (excludes halogenated alkanes) is 8. The highest BCUT2D eigenvalue weighted by molar-refractivity contribution is 7.46. The van der Waals surface area contributed by atoms with Crippen LogP contribution in [0.3, 0.4) is 0 Å². The number of Topliss-reactive ketones (excluding diaryl/α,β-unsaturated/α-hetero) is 1. The van der Waals surface area contributed by atoms with Gasteiger partial charge in [-0.05, 0) is 6.42 Å². The smallest absolute Gasteiger partial charge is 0.388 e. The van der Waals surface area contributed by atoms with Crippen LogP contribution in [0.1, 0.15) is 71.1 Å². The van der Waals surface area contributed by atoms with Crippen molar-refractivity contribution in [1.29, 1.82) is 0 Å². The molecule has 0 aromatic carbocycles. The van der Waals surface area contributed by atoms with Crippen LogP contribution in [0.4, 0.5) is 0 Å². The molecule has 0 heterocycles. The molecule has 8 heteroatoms. The van der Waals surface area contributed by atoms with Crippen molar-refractivity contribution in [1.82, 2.24) is 0 Å². The van der Waals surface area contributed by atoms with Gasteiger partial charge in [0.15, 0.2) is 5.78 Å². The third-order valence-electron chi connectivity index (χ3n) is 3.63. The van der Waals surface area contributed by atoms with E-state index in [1.165, 1.54) is 32.1 Å². The molecule has 7 nitrogen and oxygen atoms in total. The second-order valence-electron chi connectivity index (χ2n) is 5.84. The van der Waals surface area contributed by atoms with Crippen molar-refractivity contribution in [2.24, 2.45) is 0 Å². The van der Waals surface area contributed by atoms with Gasteiger partial charge in [-0.1, -0.05) is 58.3 Å². The summed E-state index contributed by atoms with van der Waals surface area (Å²) in [6.45, 7) is 1.40. The number of phosphoric acid groups is 1. The predicted molar refractivity (Wildman–Crippen MR) is 86.9 cm³/mol. The molecule has 0 aliphatic carbocycles. The average Bonchev–Trinajstić information content (AvgIpc) is 2.49. The van der Waals surface area contributed by atoms with Gasteiger partial charge >= 0.3 is 7.82 Å². The maximum atomic E-state index is 11.7. The van der Waals surface area contributed by atoms with E-state index >= 15 is 0 Å². The van der Waals surface area contributed by atoms with Crippen molar-refractivity contribution in [3.05, 3.63) is 0 Å². The fourth-order valence-electron chi connectivity index (χ4n) is 2.24. The second kappa shape index (κ2) is 13.0. The van der Waals surface area contributed by atoms with E-state index < -0.39 is 32.4 Å². The summed E-state index contributed by atoms with van der Waals surface area (Å²) in [5.74, 6) is -0.533. The lowest BCUT2D eigenvalue weighted by Gasteiger charge is -2.17. The molecular weight excluding hydrogens is 323 g/mol. The lowest BCUT2D eigenvalue weighted by atomic mass is 10.0. The van der Waals surface area contributed by atoms with Gasteiger partial charge in [-0.3, -0.25) is 9.32 Å². The number of carbonyl (C=O) groups is 1. The molecule has 0 saturated heterocycles. The van der Waals surface area contributed by atoms with Gasteiger partial charge in [0.2, 0.25) is 0 Å². The molecule has 0 saturated carbocycles. The molecule has 0 spiro atoms. The van der Waals surface area contributed by atoms with Crippen LogP contribution >= 0.6 is 7.82 Å². The van der Waals surface area contributed by atoms with Gasteiger partial charge in [0, 0.05) is 6.42 Å². The molecule has 0 aromatic heterocycles. The molecule has 2 atom stereocenters. The minimum atomic E-state index is -4.72. The highest BCUT2D eigenvalue weighted by Crippen LogP contribution is 2.35. The van der Waals surface area contributed by atoms with E-state index in [2.05, 4.69) is 11.4 Å². The number of carbonyl (C=O) groups excluding carboxylic acids is 1. The molecule has 0 radical (unpaired) electrons. The van der Waals surface area contributed by atoms with E-state index in [0.717, 1.165) is 19.3 Å². The standard InChI is InChI=1S/C15H31O7P/c1-2-3-4-5-6-7-8-9-10-11-13(16)15(18)14(17)12-22-23(19,20)21/h14-15,17-18H,2-12H2,1H3,(H2,19,20,21)/t14-,15?/m0/s1. The van der Waals surface area contributed by atoms with Gasteiger partial charge in [0.25, 0.3) is 0 Å². The summed E-state index contributed by atoms with van der Waals surface area (Å²) in [4.78, 5) is 28.6. The molecule has 0 amide bonds. The first-order valence-corrected chi connectivity index (χ1v) is 9.90. The lowest BCUT2D eigenvalue weighted by Crippen LogP contribution is -2.36. The minimum absolute atomic E-state index is 0.143. The maximum Gasteiger partial charge on any atom is 0.469 e. The van der Waals surface area contributed by atoms with Crippen LogP contribution in [0.25, 0.3) is 0 Å². The van der Waals surface area contributed by atoms with Crippen molar-refractivity contribution in [3.63, 3.8) is 0 Å². The largest absolute Gasteiger partial charge is 0.469 e. The van der Waals surface area contributed by atoms with Crippen LogP contribution in [0.2, 0.25) is 0 Å². The first-order valence-electron chi connectivity index (χ1n) is 8.37. The van der Waals surface area contributed by atoms with Crippen LogP contribution in [0, 0.1) is 0 Å². The molecule has 1 unspecified atom stereocenters. The highest BCUT2D eigenvalue weighted by atomic mass is 31.2. The summed E-state index contributed by atoms with van der Waals surface area (Å²) in [6, 6.07) is 0.